The molecule has 0 bridgehead atoms. The van der Waals surface area contributed by atoms with E-state index in [2.05, 4.69) is 33.0 Å². The largest absolute Gasteiger partial charge is 0.385 e. The highest BCUT2D eigenvalue weighted by Crippen LogP contribution is 2.27. The zero-order valence-corrected chi connectivity index (χ0v) is 13.3. The number of piperidine rings is 1. The summed E-state index contributed by atoms with van der Waals surface area (Å²) in [7, 11) is 3.43. The number of rotatable bonds is 5. The van der Waals surface area contributed by atoms with E-state index in [4.69, 9.17) is 9.47 Å². The molecule has 110 valence electrons. The van der Waals surface area contributed by atoms with Gasteiger partial charge in [-0.25, -0.2) is 0 Å². The Morgan fingerprint density at radius 3 is 1.44 bits per heavy atom. The van der Waals surface area contributed by atoms with Crippen LogP contribution in [0.2, 0.25) is 0 Å². The lowest BCUT2D eigenvalue weighted by molar-refractivity contribution is 0.159. The minimum absolute atomic E-state index is 0.363. The molecule has 0 radical (unpaired) electrons. The summed E-state index contributed by atoms with van der Waals surface area (Å²) >= 11 is 0. The van der Waals surface area contributed by atoms with Gasteiger partial charge in [0.15, 0.2) is 0 Å². The molecule has 3 nitrogen and oxygen atoms in total. The van der Waals surface area contributed by atoms with Gasteiger partial charge in [-0.15, -0.1) is 0 Å². The summed E-state index contributed by atoms with van der Waals surface area (Å²) in [6.07, 6.45) is 6.20. The lowest BCUT2D eigenvalue weighted by Crippen LogP contribution is -2.55. The van der Waals surface area contributed by atoms with Gasteiger partial charge in [0.05, 0.1) is 0 Å². The van der Waals surface area contributed by atoms with Crippen molar-refractivity contribution < 1.29 is 9.47 Å². The average Bonchev–Trinajstić information content (AvgIpc) is 2.22. The van der Waals surface area contributed by atoms with Crippen LogP contribution in [0.25, 0.3) is 0 Å². The van der Waals surface area contributed by atoms with Gasteiger partial charge >= 0.3 is 0 Å². The third-order valence-electron chi connectivity index (χ3n) is 3.23. The van der Waals surface area contributed by atoms with Crippen molar-refractivity contribution in [2.75, 3.05) is 27.4 Å². The molecule has 1 fully saturated rings. The Bertz CT molecular complexity index is 183. The SMILES string of the molecule is CC1(C)CCCC(C)(C)N1.COCCCCOC. The molecule has 1 aliphatic heterocycles. The molecule has 1 heterocycles. The highest BCUT2D eigenvalue weighted by molar-refractivity contribution is 4.92. The number of hydrogen-bond donors (Lipinski definition) is 1. The summed E-state index contributed by atoms with van der Waals surface area (Å²) < 4.78 is 9.67. The van der Waals surface area contributed by atoms with E-state index in [1.807, 2.05) is 0 Å². The zero-order valence-electron chi connectivity index (χ0n) is 13.3. The Balaban J connectivity index is 0.000000331. The lowest BCUT2D eigenvalue weighted by atomic mass is 9.83. The smallest absolute Gasteiger partial charge is 0.0463 e. The molecule has 1 aliphatic rings. The Morgan fingerprint density at radius 2 is 1.22 bits per heavy atom. The molecule has 0 spiro atoms. The van der Waals surface area contributed by atoms with Crippen molar-refractivity contribution in [3.8, 4) is 0 Å². The molecule has 1 saturated heterocycles. The number of nitrogens with one attached hydrogen (secondary N) is 1. The Kier molecular flexibility index (Phi) is 8.83. The molecule has 0 atom stereocenters. The summed E-state index contributed by atoms with van der Waals surface area (Å²) in [5, 5.41) is 3.63. The van der Waals surface area contributed by atoms with Gasteiger partial charge in [-0.2, -0.15) is 0 Å². The number of unbranched alkanes of at least 4 members (excludes halogenated alkanes) is 1. The van der Waals surface area contributed by atoms with Crippen LogP contribution in [0.1, 0.15) is 59.8 Å². The summed E-state index contributed by atoms with van der Waals surface area (Å²) in [5.74, 6) is 0. The quantitative estimate of drug-likeness (QED) is 0.768. The van der Waals surface area contributed by atoms with Crippen molar-refractivity contribution in [3.05, 3.63) is 0 Å². The molecular formula is C15H33NO2. The average molecular weight is 259 g/mol. The minimum atomic E-state index is 0.363. The first-order chi connectivity index (χ1) is 8.33. The topological polar surface area (TPSA) is 30.5 Å². The molecule has 1 rings (SSSR count). The van der Waals surface area contributed by atoms with E-state index >= 15 is 0 Å². The van der Waals surface area contributed by atoms with Crippen LogP contribution in [-0.4, -0.2) is 38.5 Å². The predicted octanol–water partition coefficient (Wildman–Crippen LogP) is 3.38. The number of hydrogen-bond acceptors (Lipinski definition) is 3. The van der Waals surface area contributed by atoms with Crippen molar-refractivity contribution >= 4 is 0 Å². The second-order valence-electron chi connectivity index (χ2n) is 6.44. The Labute approximate surface area is 114 Å². The third-order valence-corrected chi connectivity index (χ3v) is 3.23. The summed E-state index contributed by atoms with van der Waals surface area (Å²) in [6, 6.07) is 0. The maximum absolute atomic E-state index is 4.83. The van der Waals surface area contributed by atoms with Gasteiger partial charge in [-0.3, -0.25) is 0 Å². The first kappa shape index (κ1) is 17.9. The molecular weight excluding hydrogens is 226 g/mol. The maximum atomic E-state index is 4.83. The van der Waals surface area contributed by atoms with E-state index in [1.54, 1.807) is 14.2 Å². The summed E-state index contributed by atoms with van der Waals surface area (Å²) in [4.78, 5) is 0. The van der Waals surface area contributed by atoms with E-state index in [0.29, 0.717) is 11.1 Å². The van der Waals surface area contributed by atoms with Gasteiger partial charge in [0.1, 0.15) is 0 Å². The van der Waals surface area contributed by atoms with Crippen LogP contribution in [0.5, 0.6) is 0 Å². The first-order valence-corrected chi connectivity index (χ1v) is 7.10. The summed E-state index contributed by atoms with van der Waals surface area (Å²) in [6.45, 7) is 10.8. The van der Waals surface area contributed by atoms with Crippen molar-refractivity contribution in [3.63, 3.8) is 0 Å². The molecule has 0 unspecified atom stereocenters. The van der Waals surface area contributed by atoms with Gasteiger partial charge in [0.2, 0.25) is 0 Å². The van der Waals surface area contributed by atoms with Crippen LogP contribution < -0.4 is 5.32 Å². The molecule has 0 aromatic heterocycles. The fraction of sp³-hybridized carbons (Fsp3) is 1.00. The van der Waals surface area contributed by atoms with Gasteiger partial charge < -0.3 is 14.8 Å². The van der Waals surface area contributed by atoms with E-state index in [-0.39, 0.29) is 0 Å². The van der Waals surface area contributed by atoms with Crippen LogP contribution in [0.15, 0.2) is 0 Å². The Hall–Kier alpha value is -0.120. The molecule has 0 saturated carbocycles. The first-order valence-electron chi connectivity index (χ1n) is 7.10. The molecule has 0 amide bonds. The van der Waals surface area contributed by atoms with Gasteiger partial charge in [-0.05, 0) is 59.8 Å². The second-order valence-corrected chi connectivity index (χ2v) is 6.44. The van der Waals surface area contributed by atoms with Crippen LogP contribution in [0.3, 0.4) is 0 Å². The van der Waals surface area contributed by atoms with Crippen molar-refractivity contribution in [2.24, 2.45) is 0 Å². The molecule has 1 N–H and O–H groups in total. The van der Waals surface area contributed by atoms with E-state index < -0.39 is 0 Å². The van der Waals surface area contributed by atoms with Crippen LogP contribution in [-0.2, 0) is 9.47 Å². The fourth-order valence-electron chi connectivity index (χ4n) is 2.51. The summed E-state index contributed by atoms with van der Waals surface area (Å²) in [5.41, 5.74) is 0.726. The highest BCUT2D eigenvalue weighted by Gasteiger charge is 2.31. The van der Waals surface area contributed by atoms with E-state index in [0.717, 1.165) is 26.1 Å². The molecule has 18 heavy (non-hydrogen) atoms. The van der Waals surface area contributed by atoms with Gasteiger partial charge in [-0.1, -0.05) is 0 Å². The zero-order chi connectivity index (χ0) is 14.1. The van der Waals surface area contributed by atoms with Crippen LogP contribution in [0, 0.1) is 0 Å². The van der Waals surface area contributed by atoms with Gasteiger partial charge in [0, 0.05) is 38.5 Å². The monoisotopic (exact) mass is 259 g/mol. The normalized spacial score (nSPS) is 21.0. The van der Waals surface area contributed by atoms with E-state index in [9.17, 15) is 0 Å². The number of ether oxygens (including phenoxy) is 2. The maximum Gasteiger partial charge on any atom is 0.0463 e. The molecule has 0 aliphatic carbocycles. The van der Waals surface area contributed by atoms with E-state index in [1.165, 1.54) is 19.3 Å². The molecule has 3 heteroatoms. The minimum Gasteiger partial charge on any atom is -0.385 e. The lowest BCUT2D eigenvalue weighted by Gasteiger charge is -2.42. The second kappa shape index (κ2) is 8.89. The Morgan fingerprint density at radius 1 is 0.833 bits per heavy atom. The highest BCUT2D eigenvalue weighted by atomic mass is 16.5. The number of methoxy groups -OCH3 is 2. The van der Waals surface area contributed by atoms with Crippen molar-refractivity contribution in [2.45, 2.75) is 70.9 Å². The molecule has 0 aromatic carbocycles. The van der Waals surface area contributed by atoms with Crippen LogP contribution >= 0.6 is 0 Å². The van der Waals surface area contributed by atoms with Gasteiger partial charge in [0.25, 0.3) is 0 Å². The fourth-order valence-corrected chi connectivity index (χ4v) is 2.51. The third kappa shape index (κ3) is 9.86. The van der Waals surface area contributed by atoms with Crippen molar-refractivity contribution in [1.29, 1.82) is 0 Å². The predicted molar refractivity (Wildman–Crippen MR) is 78.1 cm³/mol. The van der Waals surface area contributed by atoms with Crippen molar-refractivity contribution in [1.82, 2.24) is 5.32 Å². The molecule has 0 aromatic rings. The van der Waals surface area contributed by atoms with Crippen LogP contribution in [0.4, 0.5) is 0 Å². The standard InChI is InChI=1S/C9H19N.C6H14O2/c1-8(2)6-5-7-9(3,4)10-8;1-7-5-3-4-6-8-2/h10H,5-7H2,1-4H3;3-6H2,1-2H3.